The summed E-state index contributed by atoms with van der Waals surface area (Å²) in [6, 6.07) is 3.20. The Kier molecular flexibility index (Phi) is 16.6. The van der Waals surface area contributed by atoms with E-state index >= 15 is 0 Å². The molecule has 1 aromatic rings. The molecule has 1 rings (SSSR count). The summed E-state index contributed by atoms with van der Waals surface area (Å²) in [6.07, 6.45) is 5.24. The SMILES string of the molecule is CCCCc1ccc(C(=O)O)c(C(=O)O)c1CCCC.OCCOCCOCCO. The number of carboxylic acids is 2. The molecule has 0 fully saturated rings. The zero-order chi connectivity index (χ0) is 22.8. The van der Waals surface area contributed by atoms with Gasteiger partial charge in [-0.3, -0.25) is 0 Å². The van der Waals surface area contributed by atoms with E-state index in [1.807, 2.05) is 6.92 Å². The van der Waals surface area contributed by atoms with Crippen LogP contribution in [0.25, 0.3) is 0 Å². The third-order valence-corrected chi connectivity index (χ3v) is 4.28. The lowest BCUT2D eigenvalue weighted by molar-refractivity contribution is 0.0222. The molecular weight excluding hydrogens is 392 g/mol. The van der Waals surface area contributed by atoms with E-state index in [2.05, 4.69) is 6.92 Å². The van der Waals surface area contributed by atoms with Gasteiger partial charge in [0.05, 0.1) is 50.8 Å². The number of ether oxygens (including phenoxy) is 2. The number of rotatable bonds is 15. The molecule has 0 saturated carbocycles. The highest BCUT2D eigenvalue weighted by Gasteiger charge is 2.22. The van der Waals surface area contributed by atoms with Crippen LogP contribution >= 0.6 is 0 Å². The molecule has 0 atom stereocenters. The fourth-order valence-corrected chi connectivity index (χ4v) is 2.81. The van der Waals surface area contributed by atoms with Gasteiger partial charge in [-0.2, -0.15) is 0 Å². The maximum Gasteiger partial charge on any atom is 0.336 e. The fourth-order valence-electron chi connectivity index (χ4n) is 2.81. The maximum atomic E-state index is 11.5. The van der Waals surface area contributed by atoms with E-state index in [9.17, 15) is 14.7 Å². The van der Waals surface area contributed by atoms with Crippen molar-refractivity contribution in [1.82, 2.24) is 0 Å². The summed E-state index contributed by atoms with van der Waals surface area (Å²) in [5, 5.41) is 35.1. The van der Waals surface area contributed by atoms with Crippen molar-refractivity contribution in [3.05, 3.63) is 34.4 Å². The average molecular weight is 429 g/mol. The monoisotopic (exact) mass is 428 g/mol. The van der Waals surface area contributed by atoms with Gasteiger partial charge in [-0.05, 0) is 42.9 Å². The van der Waals surface area contributed by atoms with Gasteiger partial charge in [0.1, 0.15) is 0 Å². The quantitative estimate of drug-likeness (QED) is 0.313. The van der Waals surface area contributed by atoms with Crippen molar-refractivity contribution in [2.45, 2.75) is 52.4 Å². The van der Waals surface area contributed by atoms with Crippen LogP contribution in [0.4, 0.5) is 0 Å². The second-order valence-electron chi connectivity index (χ2n) is 6.62. The summed E-state index contributed by atoms with van der Waals surface area (Å²) >= 11 is 0. The molecule has 0 saturated heterocycles. The number of carboxylic acid groups (broad SMARTS) is 2. The van der Waals surface area contributed by atoms with Crippen molar-refractivity contribution < 1.29 is 39.5 Å². The van der Waals surface area contributed by atoms with Crippen LogP contribution in [0.15, 0.2) is 12.1 Å². The van der Waals surface area contributed by atoms with E-state index in [0.717, 1.165) is 37.7 Å². The van der Waals surface area contributed by atoms with Gasteiger partial charge in [0.2, 0.25) is 0 Å². The number of benzene rings is 1. The first-order chi connectivity index (χ1) is 14.4. The van der Waals surface area contributed by atoms with E-state index in [4.69, 9.17) is 24.8 Å². The van der Waals surface area contributed by atoms with Crippen LogP contribution in [0, 0.1) is 0 Å². The van der Waals surface area contributed by atoms with Gasteiger partial charge >= 0.3 is 11.9 Å². The summed E-state index contributed by atoms with van der Waals surface area (Å²) in [5.74, 6) is -2.32. The molecule has 0 bridgehead atoms. The minimum atomic E-state index is -1.18. The summed E-state index contributed by atoms with van der Waals surface area (Å²) in [6.45, 7) is 5.84. The molecule has 0 heterocycles. The third-order valence-electron chi connectivity index (χ3n) is 4.28. The first-order valence-corrected chi connectivity index (χ1v) is 10.4. The summed E-state index contributed by atoms with van der Waals surface area (Å²) in [4.78, 5) is 22.7. The second-order valence-corrected chi connectivity index (χ2v) is 6.62. The Balaban J connectivity index is 0.000000710. The van der Waals surface area contributed by atoms with Crippen molar-refractivity contribution in [1.29, 1.82) is 0 Å². The Morgan fingerprint density at radius 2 is 1.33 bits per heavy atom. The van der Waals surface area contributed by atoms with Gasteiger partial charge in [0, 0.05) is 0 Å². The molecule has 0 aliphatic carbocycles. The van der Waals surface area contributed by atoms with Crippen LogP contribution in [-0.4, -0.2) is 72.0 Å². The second kappa shape index (κ2) is 17.8. The van der Waals surface area contributed by atoms with Gasteiger partial charge in [-0.15, -0.1) is 0 Å². The molecule has 4 N–H and O–H groups in total. The van der Waals surface area contributed by atoms with Crippen molar-refractivity contribution in [2.24, 2.45) is 0 Å². The standard InChI is InChI=1S/C16H22O4.C6H14O4/c1-3-5-7-11-9-10-13(15(17)18)14(16(19)20)12(11)8-6-4-2;7-1-3-9-5-6-10-4-2-8/h9-10H,3-8H2,1-2H3,(H,17,18)(H,19,20);7-8H,1-6H2. The number of aliphatic hydroxyl groups is 2. The topological polar surface area (TPSA) is 134 Å². The van der Waals surface area contributed by atoms with E-state index < -0.39 is 11.9 Å². The van der Waals surface area contributed by atoms with E-state index in [-0.39, 0.29) is 24.3 Å². The van der Waals surface area contributed by atoms with Crippen molar-refractivity contribution in [3.63, 3.8) is 0 Å². The zero-order valence-electron chi connectivity index (χ0n) is 18.1. The third kappa shape index (κ3) is 11.3. The number of unbranched alkanes of at least 4 members (excludes halogenated alkanes) is 2. The van der Waals surface area contributed by atoms with Gasteiger partial charge in [-0.1, -0.05) is 32.8 Å². The molecule has 8 nitrogen and oxygen atoms in total. The molecule has 0 aromatic heterocycles. The van der Waals surface area contributed by atoms with E-state index in [1.54, 1.807) is 6.07 Å². The first kappa shape index (κ1) is 28.0. The number of aromatic carboxylic acids is 2. The molecule has 1 aromatic carbocycles. The van der Waals surface area contributed by atoms with Gasteiger partial charge in [-0.25, -0.2) is 9.59 Å². The smallest absolute Gasteiger partial charge is 0.336 e. The molecule has 0 radical (unpaired) electrons. The molecule has 0 aliphatic rings. The van der Waals surface area contributed by atoms with Crippen LogP contribution in [0.5, 0.6) is 0 Å². The Morgan fingerprint density at radius 1 is 0.800 bits per heavy atom. The predicted molar refractivity (Wildman–Crippen MR) is 113 cm³/mol. The van der Waals surface area contributed by atoms with Crippen molar-refractivity contribution in [3.8, 4) is 0 Å². The van der Waals surface area contributed by atoms with Gasteiger partial charge < -0.3 is 29.9 Å². The number of aliphatic hydroxyl groups excluding tert-OH is 2. The molecule has 30 heavy (non-hydrogen) atoms. The highest BCUT2D eigenvalue weighted by atomic mass is 16.5. The highest BCUT2D eigenvalue weighted by molar-refractivity contribution is 6.03. The Hall–Kier alpha value is -2.00. The van der Waals surface area contributed by atoms with Crippen LogP contribution < -0.4 is 0 Å². The number of hydrogen-bond donors (Lipinski definition) is 4. The normalized spacial score (nSPS) is 10.4. The Labute approximate surface area is 178 Å². The van der Waals surface area contributed by atoms with Crippen LogP contribution in [-0.2, 0) is 22.3 Å². The van der Waals surface area contributed by atoms with E-state index in [0.29, 0.717) is 38.4 Å². The Morgan fingerprint density at radius 3 is 1.77 bits per heavy atom. The molecule has 0 spiro atoms. The zero-order valence-corrected chi connectivity index (χ0v) is 18.1. The highest BCUT2D eigenvalue weighted by Crippen LogP contribution is 2.24. The molecule has 172 valence electrons. The summed E-state index contributed by atoms with van der Waals surface area (Å²) in [7, 11) is 0. The van der Waals surface area contributed by atoms with Crippen LogP contribution in [0.2, 0.25) is 0 Å². The van der Waals surface area contributed by atoms with Crippen molar-refractivity contribution >= 4 is 11.9 Å². The minimum Gasteiger partial charge on any atom is -0.478 e. The summed E-state index contributed by atoms with van der Waals surface area (Å²) in [5.41, 5.74) is 1.54. The number of aryl methyl sites for hydroxylation is 1. The first-order valence-electron chi connectivity index (χ1n) is 10.4. The maximum absolute atomic E-state index is 11.5. The lowest BCUT2D eigenvalue weighted by atomic mass is 9.90. The van der Waals surface area contributed by atoms with Crippen LogP contribution in [0.1, 0.15) is 71.4 Å². The molecule has 8 heteroatoms. The Bertz CT molecular complexity index is 607. The lowest BCUT2D eigenvalue weighted by Gasteiger charge is -2.14. The molecule has 0 amide bonds. The predicted octanol–water partition coefficient (Wildman–Crippen LogP) is 2.77. The molecule has 0 unspecified atom stereocenters. The van der Waals surface area contributed by atoms with Crippen molar-refractivity contribution in [2.75, 3.05) is 39.6 Å². The van der Waals surface area contributed by atoms with Gasteiger partial charge in [0.25, 0.3) is 0 Å². The van der Waals surface area contributed by atoms with E-state index in [1.165, 1.54) is 6.07 Å². The minimum absolute atomic E-state index is 0.0282. The summed E-state index contributed by atoms with van der Waals surface area (Å²) < 4.78 is 9.75. The molecular formula is C22H36O8. The number of hydrogen-bond acceptors (Lipinski definition) is 6. The fraction of sp³-hybridized carbons (Fsp3) is 0.636. The largest absolute Gasteiger partial charge is 0.478 e. The number of carbonyl (C=O) groups is 2. The van der Waals surface area contributed by atoms with Crippen LogP contribution in [0.3, 0.4) is 0 Å². The molecule has 0 aliphatic heterocycles. The van der Waals surface area contributed by atoms with Gasteiger partial charge in [0.15, 0.2) is 0 Å². The average Bonchev–Trinajstić information content (AvgIpc) is 2.73. The lowest BCUT2D eigenvalue weighted by Crippen LogP contribution is -2.14.